The first-order valence-electron chi connectivity index (χ1n) is 7.58. The number of methoxy groups -OCH3 is 1. The molecule has 5 nitrogen and oxygen atoms in total. The van der Waals surface area contributed by atoms with Gasteiger partial charge in [-0.15, -0.1) is 0 Å². The molecule has 1 aliphatic heterocycles. The van der Waals surface area contributed by atoms with Gasteiger partial charge in [-0.2, -0.15) is 5.10 Å². The molecule has 1 aromatic heterocycles. The molecule has 0 bridgehead atoms. The van der Waals surface area contributed by atoms with E-state index in [4.69, 9.17) is 4.74 Å². The van der Waals surface area contributed by atoms with Crippen molar-refractivity contribution in [1.82, 2.24) is 14.7 Å². The lowest BCUT2D eigenvalue weighted by Crippen LogP contribution is -2.37. The normalized spacial score (nSPS) is 14.1. The van der Waals surface area contributed by atoms with E-state index in [2.05, 4.69) is 11.2 Å². The van der Waals surface area contributed by atoms with Gasteiger partial charge in [-0.25, -0.2) is 0 Å². The highest BCUT2D eigenvalue weighted by molar-refractivity contribution is 5.92. The fourth-order valence-electron chi connectivity index (χ4n) is 2.89. The Labute approximate surface area is 130 Å². The molecule has 2 aromatic rings. The Morgan fingerprint density at radius 1 is 1.27 bits per heavy atom. The van der Waals surface area contributed by atoms with Crippen LogP contribution < -0.4 is 4.74 Å². The van der Waals surface area contributed by atoms with Crippen molar-refractivity contribution in [2.24, 2.45) is 0 Å². The molecule has 0 radical (unpaired) electrons. The fourth-order valence-corrected chi connectivity index (χ4v) is 2.89. The summed E-state index contributed by atoms with van der Waals surface area (Å²) in [4.78, 5) is 14.7. The highest BCUT2D eigenvalue weighted by atomic mass is 16.5. The lowest BCUT2D eigenvalue weighted by atomic mass is 9.99. The summed E-state index contributed by atoms with van der Waals surface area (Å²) in [6.07, 6.45) is 2.55. The largest absolute Gasteiger partial charge is 0.497 e. The minimum absolute atomic E-state index is 0.0488. The average Bonchev–Trinajstić information content (AvgIpc) is 3.03. The molecule has 0 spiro atoms. The second-order valence-corrected chi connectivity index (χ2v) is 5.87. The molecule has 0 unspecified atom stereocenters. The van der Waals surface area contributed by atoms with Crippen LogP contribution in [-0.4, -0.2) is 34.2 Å². The SMILES string of the molecule is COc1ccc2c(c1)CCN(C(=O)c1ccnn1C(C)C)C2. The van der Waals surface area contributed by atoms with Crippen LogP contribution in [0.5, 0.6) is 5.75 Å². The third-order valence-corrected chi connectivity index (χ3v) is 4.09. The van der Waals surface area contributed by atoms with E-state index in [-0.39, 0.29) is 11.9 Å². The second-order valence-electron chi connectivity index (χ2n) is 5.87. The number of aromatic nitrogens is 2. The van der Waals surface area contributed by atoms with Crippen LogP contribution in [-0.2, 0) is 13.0 Å². The number of ether oxygens (including phenoxy) is 1. The van der Waals surface area contributed by atoms with Gasteiger partial charge in [0.05, 0.1) is 7.11 Å². The van der Waals surface area contributed by atoms with Crippen molar-refractivity contribution >= 4 is 5.91 Å². The van der Waals surface area contributed by atoms with Gasteiger partial charge in [0.25, 0.3) is 5.91 Å². The van der Waals surface area contributed by atoms with Gasteiger partial charge in [0.1, 0.15) is 11.4 Å². The van der Waals surface area contributed by atoms with E-state index >= 15 is 0 Å². The van der Waals surface area contributed by atoms with Crippen LogP contribution in [0.25, 0.3) is 0 Å². The van der Waals surface area contributed by atoms with E-state index in [1.54, 1.807) is 24.1 Å². The van der Waals surface area contributed by atoms with Crippen LogP contribution in [0.2, 0.25) is 0 Å². The van der Waals surface area contributed by atoms with Gasteiger partial charge >= 0.3 is 0 Å². The van der Waals surface area contributed by atoms with E-state index in [1.165, 1.54) is 11.1 Å². The van der Waals surface area contributed by atoms with E-state index in [1.807, 2.05) is 30.9 Å². The fraction of sp³-hybridized carbons (Fsp3) is 0.412. The molecule has 2 heterocycles. The molecule has 1 aliphatic rings. The Balaban J connectivity index is 1.82. The van der Waals surface area contributed by atoms with Gasteiger partial charge in [-0.1, -0.05) is 6.07 Å². The maximum Gasteiger partial charge on any atom is 0.272 e. The summed E-state index contributed by atoms with van der Waals surface area (Å²) in [6.45, 7) is 5.42. The molecule has 0 atom stereocenters. The molecule has 22 heavy (non-hydrogen) atoms. The minimum atomic E-state index is 0.0488. The maximum atomic E-state index is 12.8. The summed E-state index contributed by atoms with van der Waals surface area (Å²) in [5, 5.41) is 4.25. The Morgan fingerprint density at radius 2 is 2.09 bits per heavy atom. The molecule has 0 aliphatic carbocycles. The molecule has 0 saturated carbocycles. The zero-order chi connectivity index (χ0) is 15.7. The first kappa shape index (κ1) is 14.6. The van der Waals surface area contributed by atoms with Gasteiger partial charge in [0.15, 0.2) is 0 Å². The van der Waals surface area contributed by atoms with E-state index in [0.717, 1.165) is 18.7 Å². The van der Waals surface area contributed by atoms with Crippen molar-refractivity contribution in [3.8, 4) is 5.75 Å². The minimum Gasteiger partial charge on any atom is -0.497 e. The second kappa shape index (κ2) is 5.83. The van der Waals surface area contributed by atoms with Gasteiger partial charge in [-0.3, -0.25) is 9.48 Å². The molecule has 0 N–H and O–H groups in total. The smallest absolute Gasteiger partial charge is 0.272 e. The number of hydrogen-bond donors (Lipinski definition) is 0. The highest BCUT2D eigenvalue weighted by Crippen LogP contribution is 2.25. The average molecular weight is 299 g/mol. The van der Waals surface area contributed by atoms with Crippen LogP contribution in [0.15, 0.2) is 30.5 Å². The molecule has 1 amide bonds. The molecule has 0 saturated heterocycles. The zero-order valence-corrected chi connectivity index (χ0v) is 13.2. The Kier molecular flexibility index (Phi) is 3.88. The Hall–Kier alpha value is -2.30. The van der Waals surface area contributed by atoms with Crippen molar-refractivity contribution in [2.45, 2.75) is 32.9 Å². The number of fused-ring (bicyclic) bond motifs is 1. The molecule has 1 aromatic carbocycles. The van der Waals surface area contributed by atoms with Crippen LogP contribution >= 0.6 is 0 Å². The van der Waals surface area contributed by atoms with Crippen LogP contribution in [0, 0.1) is 0 Å². The molecular formula is C17H21N3O2. The molecule has 5 heteroatoms. The van der Waals surface area contributed by atoms with Gasteiger partial charge < -0.3 is 9.64 Å². The predicted molar refractivity (Wildman–Crippen MR) is 84.1 cm³/mol. The van der Waals surface area contributed by atoms with Gasteiger partial charge in [0, 0.05) is 25.3 Å². The van der Waals surface area contributed by atoms with Crippen molar-refractivity contribution in [3.63, 3.8) is 0 Å². The van der Waals surface area contributed by atoms with E-state index in [0.29, 0.717) is 12.2 Å². The number of rotatable bonds is 3. The van der Waals surface area contributed by atoms with Crippen molar-refractivity contribution in [2.75, 3.05) is 13.7 Å². The number of hydrogen-bond acceptors (Lipinski definition) is 3. The number of amides is 1. The quantitative estimate of drug-likeness (QED) is 0.875. The first-order valence-corrected chi connectivity index (χ1v) is 7.58. The van der Waals surface area contributed by atoms with E-state index in [9.17, 15) is 4.79 Å². The number of nitrogens with zero attached hydrogens (tertiary/aromatic N) is 3. The Bertz CT molecular complexity index is 691. The zero-order valence-electron chi connectivity index (χ0n) is 13.2. The first-order chi connectivity index (χ1) is 10.6. The monoisotopic (exact) mass is 299 g/mol. The third kappa shape index (κ3) is 2.58. The summed E-state index contributed by atoms with van der Waals surface area (Å²) in [6, 6.07) is 8.04. The summed E-state index contributed by atoms with van der Waals surface area (Å²) < 4.78 is 7.05. The predicted octanol–water partition coefficient (Wildman–Crippen LogP) is 2.67. The lowest BCUT2D eigenvalue weighted by molar-refractivity contribution is 0.0720. The topological polar surface area (TPSA) is 47.4 Å². The number of carbonyl (C=O) groups is 1. The number of benzene rings is 1. The van der Waals surface area contributed by atoms with Gasteiger partial charge in [0.2, 0.25) is 0 Å². The molecule has 0 fully saturated rings. The molecular weight excluding hydrogens is 278 g/mol. The van der Waals surface area contributed by atoms with E-state index < -0.39 is 0 Å². The summed E-state index contributed by atoms with van der Waals surface area (Å²) in [7, 11) is 1.67. The van der Waals surface area contributed by atoms with Gasteiger partial charge in [-0.05, 0) is 49.6 Å². The van der Waals surface area contributed by atoms with Crippen molar-refractivity contribution in [1.29, 1.82) is 0 Å². The standard InChI is InChI=1S/C17H21N3O2/c1-12(2)20-16(6-8-18-20)17(21)19-9-7-13-10-15(22-3)5-4-14(13)11-19/h4-6,8,10,12H,7,9,11H2,1-3H3. The summed E-state index contributed by atoms with van der Waals surface area (Å²) in [5.41, 5.74) is 3.11. The number of carbonyl (C=O) groups excluding carboxylic acids is 1. The van der Waals surface area contributed by atoms with Crippen LogP contribution in [0.1, 0.15) is 41.5 Å². The maximum absolute atomic E-state index is 12.8. The summed E-state index contributed by atoms with van der Waals surface area (Å²) >= 11 is 0. The van der Waals surface area contributed by atoms with Crippen molar-refractivity contribution < 1.29 is 9.53 Å². The van der Waals surface area contributed by atoms with Crippen molar-refractivity contribution in [3.05, 3.63) is 47.3 Å². The Morgan fingerprint density at radius 3 is 2.82 bits per heavy atom. The third-order valence-electron chi connectivity index (χ3n) is 4.09. The highest BCUT2D eigenvalue weighted by Gasteiger charge is 2.24. The molecule has 3 rings (SSSR count). The van der Waals surface area contributed by atoms with Crippen LogP contribution in [0.4, 0.5) is 0 Å². The molecule has 116 valence electrons. The van der Waals surface area contributed by atoms with Crippen LogP contribution in [0.3, 0.4) is 0 Å². The summed E-state index contributed by atoms with van der Waals surface area (Å²) in [5.74, 6) is 0.920. The lowest BCUT2D eigenvalue weighted by Gasteiger charge is -2.29.